The standard InChI is InChI=1S/C21H42N4O2.HI/c1-5-26-20(18-8-6-7-9-18)10-11-23-21(22-4)24-14-19-16-25(12-13-27-19)15-17(2)3;/h17-20H,5-16H2,1-4H3,(H2,22,23,24);1H. The van der Waals surface area contributed by atoms with Gasteiger partial charge in [-0.05, 0) is 38.0 Å². The normalized spacial score (nSPS) is 22.9. The fraction of sp³-hybridized carbons (Fsp3) is 0.952. The van der Waals surface area contributed by atoms with Crippen LogP contribution < -0.4 is 10.6 Å². The van der Waals surface area contributed by atoms with Crippen molar-refractivity contribution in [3.8, 4) is 0 Å². The van der Waals surface area contributed by atoms with Gasteiger partial charge in [0.15, 0.2) is 5.96 Å². The molecule has 0 aromatic rings. The Balaban J connectivity index is 0.00000392. The highest BCUT2D eigenvalue weighted by molar-refractivity contribution is 14.0. The molecule has 0 aromatic heterocycles. The number of nitrogens with one attached hydrogen (secondary N) is 2. The van der Waals surface area contributed by atoms with Crippen molar-refractivity contribution in [1.29, 1.82) is 0 Å². The zero-order valence-electron chi connectivity index (χ0n) is 18.4. The van der Waals surface area contributed by atoms with Crippen molar-refractivity contribution in [2.75, 3.05) is 53.0 Å². The van der Waals surface area contributed by atoms with Crippen LogP contribution in [0.5, 0.6) is 0 Å². The lowest BCUT2D eigenvalue weighted by Gasteiger charge is -2.34. The Kier molecular flexibility index (Phi) is 13.7. The number of nitrogens with zero attached hydrogens (tertiary/aromatic N) is 2. The molecule has 28 heavy (non-hydrogen) atoms. The molecule has 1 saturated carbocycles. The molecule has 1 aliphatic heterocycles. The van der Waals surface area contributed by atoms with Gasteiger partial charge in [-0.3, -0.25) is 9.89 Å². The number of rotatable bonds is 10. The van der Waals surface area contributed by atoms with Crippen LogP contribution in [-0.2, 0) is 9.47 Å². The number of aliphatic imine (C=N–C) groups is 1. The van der Waals surface area contributed by atoms with Crippen LogP contribution in [0.1, 0.15) is 52.9 Å². The van der Waals surface area contributed by atoms with Gasteiger partial charge in [-0.25, -0.2) is 0 Å². The maximum absolute atomic E-state index is 6.01. The van der Waals surface area contributed by atoms with E-state index in [0.29, 0.717) is 12.0 Å². The molecular weight excluding hydrogens is 467 g/mol. The average Bonchev–Trinajstić information content (AvgIpc) is 3.18. The maximum Gasteiger partial charge on any atom is 0.191 e. The third kappa shape index (κ3) is 9.59. The first-order valence-corrected chi connectivity index (χ1v) is 11.0. The van der Waals surface area contributed by atoms with E-state index in [1.165, 1.54) is 25.7 Å². The van der Waals surface area contributed by atoms with Crippen LogP contribution in [-0.4, -0.2) is 76.1 Å². The summed E-state index contributed by atoms with van der Waals surface area (Å²) in [7, 11) is 1.83. The molecule has 2 rings (SSSR count). The molecule has 0 amide bonds. The fourth-order valence-corrected chi connectivity index (χ4v) is 4.35. The molecule has 2 N–H and O–H groups in total. The van der Waals surface area contributed by atoms with Gasteiger partial charge in [-0.15, -0.1) is 24.0 Å². The van der Waals surface area contributed by atoms with E-state index >= 15 is 0 Å². The van der Waals surface area contributed by atoms with Gasteiger partial charge >= 0.3 is 0 Å². The summed E-state index contributed by atoms with van der Waals surface area (Å²) in [4.78, 5) is 6.87. The predicted octanol–water partition coefficient (Wildman–Crippen LogP) is 3.11. The molecule has 0 aromatic carbocycles. The van der Waals surface area contributed by atoms with Crippen molar-refractivity contribution in [3.05, 3.63) is 0 Å². The molecule has 0 spiro atoms. The van der Waals surface area contributed by atoms with Gasteiger partial charge in [0.25, 0.3) is 0 Å². The van der Waals surface area contributed by atoms with E-state index in [-0.39, 0.29) is 30.1 Å². The summed E-state index contributed by atoms with van der Waals surface area (Å²) in [6, 6.07) is 0. The first kappa shape index (κ1) is 25.9. The number of ether oxygens (including phenoxy) is 2. The molecule has 6 nitrogen and oxygen atoms in total. The Hall–Kier alpha value is -0.120. The van der Waals surface area contributed by atoms with Crippen LogP contribution in [0.15, 0.2) is 4.99 Å². The molecule has 1 heterocycles. The Morgan fingerprint density at radius 2 is 2.00 bits per heavy atom. The largest absolute Gasteiger partial charge is 0.378 e. The highest BCUT2D eigenvalue weighted by Crippen LogP contribution is 2.30. The van der Waals surface area contributed by atoms with Gasteiger partial charge < -0.3 is 20.1 Å². The Morgan fingerprint density at radius 1 is 1.25 bits per heavy atom. The van der Waals surface area contributed by atoms with Gasteiger partial charge in [0.1, 0.15) is 0 Å². The summed E-state index contributed by atoms with van der Waals surface area (Å²) in [5.74, 6) is 2.30. The molecule has 166 valence electrons. The predicted molar refractivity (Wildman–Crippen MR) is 128 cm³/mol. The highest BCUT2D eigenvalue weighted by atomic mass is 127. The summed E-state index contributed by atoms with van der Waals surface area (Å²) in [5.41, 5.74) is 0. The fourth-order valence-electron chi connectivity index (χ4n) is 4.35. The van der Waals surface area contributed by atoms with Crippen LogP contribution in [0, 0.1) is 11.8 Å². The molecular formula is C21H43IN4O2. The third-order valence-corrected chi connectivity index (χ3v) is 5.59. The molecule has 2 fully saturated rings. The quantitative estimate of drug-likeness (QED) is 0.269. The zero-order valence-corrected chi connectivity index (χ0v) is 20.7. The van der Waals surface area contributed by atoms with Crippen molar-refractivity contribution in [2.24, 2.45) is 16.8 Å². The first-order valence-electron chi connectivity index (χ1n) is 11.0. The van der Waals surface area contributed by atoms with Crippen molar-refractivity contribution in [2.45, 2.75) is 65.1 Å². The Morgan fingerprint density at radius 3 is 2.64 bits per heavy atom. The number of hydrogen-bond acceptors (Lipinski definition) is 4. The van der Waals surface area contributed by atoms with E-state index in [0.717, 1.165) is 64.2 Å². The summed E-state index contributed by atoms with van der Waals surface area (Å²) in [6.07, 6.45) is 7.02. The minimum absolute atomic E-state index is 0. The summed E-state index contributed by atoms with van der Waals surface area (Å²) in [6.45, 7) is 13.2. The molecule has 7 heteroatoms. The number of halogens is 1. The van der Waals surface area contributed by atoms with Crippen LogP contribution in [0.4, 0.5) is 0 Å². The van der Waals surface area contributed by atoms with Crippen molar-refractivity contribution in [3.63, 3.8) is 0 Å². The summed E-state index contributed by atoms with van der Waals surface area (Å²) in [5, 5.41) is 6.89. The van der Waals surface area contributed by atoms with Crippen LogP contribution in [0.25, 0.3) is 0 Å². The maximum atomic E-state index is 6.01. The lowest BCUT2D eigenvalue weighted by Crippen LogP contribution is -2.50. The van der Waals surface area contributed by atoms with E-state index in [2.05, 4.69) is 41.3 Å². The molecule has 0 radical (unpaired) electrons. The average molecular weight is 511 g/mol. The second kappa shape index (κ2) is 14.8. The topological polar surface area (TPSA) is 58.1 Å². The molecule has 2 aliphatic rings. The van der Waals surface area contributed by atoms with E-state index in [4.69, 9.17) is 9.47 Å². The van der Waals surface area contributed by atoms with Crippen LogP contribution >= 0.6 is 24.0 Å². The minimum atomic E-state index is 0. The smallest absolute Gasteiger partial charge is 0.191 e. The highest BCUT2D eigenvalue weighted by Gasteiger charge is 2.25. The van der Waals surface area contributed by atoms with E-state index in [1.54, 1.807) is 0 Å². The summed E-state index contributed by atoms with van der Waals surface area (Å²) >= 11 is 0. The van der Waals surface area contributed by atoms with Gasteiger partial charge in [0.2, 0.25) is 0 Å². The molecule has 1 saturated heterocycles. The molecule has 2 atom stereocenters. The third-order valence-electron chi connectivity index (χ3n) is 5.59. The second-order valence-corrected chi connectivity index (χ2v) is 8.35. The van der Waals surface area contributed by atoms with Crippen molar-refractivity contribution in [1.82, 2.24) is 15.5 Å². The van der Waals surface area contributed by atoms with Gasteiger partial charge in [-0.1, -0.05) is 26.7 Å². The van der Waals surface area contributed by atoms with Gasteiger partial charge in [0, 0.05) is 46.4 Å². The first-order chi connectivity index (χ1) is 13.1. The van der Waals surface area contributed by atoms with Gasteiger partial charge in [0.05, 0.1) is 18.8 Å². The number of morpholine rings is 1. The van der Waals surface area contributed by atoms with Crippen LogP contribution in [0.2, 0.25) is 0 Å². The number of guanidine groups is 1. The Labute approximate surface area is 189 Å². The lowest BCUT2D eigenvalue weighted by atomic mass is 9.98. The Bertz CT molecular complexity index is 431. The monoisotopic (exact) mass is 510 g/mol. The summed E-state index contributed by atoms with van der Waals surface area (Å²) < 4.78 is 11.9. The molecule has 2 unspecified atom stereocenters. The number of hydrogen-bond donors (Lipinski definition) is 2. The SMILES string of the molecule is CCOC(CCNC(=NC)NCC1CN(CC(C)C)CCO1)C1CCCC1.I. The lowest BCUT2D eigenvalue weighted by molar-refractivity contribution is -0.0284. The molecule has 1 aliphatic carbocycles. The zero-order chi connectivity index (χ0) is 19.5. The van der Waals surface area contributed by atoms with Crippen LogP contribution in [0.3, 0.4) is 0 Å². The van der Waals surface area contributed by atoms with E-state index < -0.39 is 0 Å². The van der Waals surface area contributed by atoms with Crippen molar-refractivity contribution >= 4 is 29.9 Å². The molecule has 0 bridgehead atoms. The van der Waals surface area contributed by atoms with E-state index in [9.17, 15) is 0 Å². The second-order valence-electron chi connectivity index (χ2n) is 8.35. The van der Waals surface area contributed by atoms with E-state index in [1.807, 2.05) is 7.05 Å². The van der Waals surface area contributed by atoms with Gasteiger partial charge in [-0.2, -0.15) is 0 Å². The minimum Gasteiger partial charge on any atom is -0.378 e. The van der Waals surface area contributed by atoms with Crippen molar-refractivity contribution < 1.29 is 9.47 Å².